The zero-order chi connectivity index (χ0) is 10.9. The lowest BCUT2D eigenvalue weighted by atomic mass is 9.65. The van der Waals surface area contributed by atoms with E-state index < -0.39 is 31.2 Å². The van der Waals surface area contributed by atoms with Crippen LogP contribution in [-0.2, 0) is 0 Å². The minimum absolute atomic E-state index is 0.282. The molecule has 1 aromatic carbocycles. The quantitative estimate of drug-likeness (QED) is 0.216. The van der Waals surface area contributed by atoms with Crippen molar-refractivity contribution in [3.05, 3.63) is 12.1 Å². The molecule has 0 aromatic heterocycles. The van der Waals surface area contributed by atoms with Crippen molar-refractivity contribution in [2.45, 2.75) is 0 Å². The number of aromatic hydroxyl groups is 2. The van der Waals surface area contributed by atoms with Gasteiger partial charge in [0.1, 0.15) is 0 Å². The largest absolute Gasteiger partial charge is 0.505 e. The summed E-state index contributed by atoms with van der Waals surface area (Å²) >= 11 is 0. The Hall–Kier alpha value is -1.21. The van der Waals surface area contributed by atoms with Gasteiger partial charge in [-0.25, -0.2) is 0 Å². The molecular formula is C6H8B2O6. The maximum Gasteiger partial charge on any atom is 0.492 e. The summed E-state index contributed by atoms with van der Waals surface area (Å²) in [5.74, 6) is -1.36. The van der Waals surface area contributed by atoms with E-state index in [1.54, 1.807) is 0 Å². The van der Waals surface area contributed by atoms with Crippen LogP contribution in [-0.4, -0.2) is 44.5 Å². The molecule has 1 rings (SSSR count). The Bertz CT molecular complexity index is 339. The first-order valence-corrected chi connectivity index (χ1v) is 3.72. The lowest BCUT2D eigenvalue weighted by molar-refractivity contribution is 0.394. The number of benzene rings is 1. The Kier molecular flexibility index (Phi) is 3.02. The highest BCUT2D eigenvalue weighted by Gasteiger charge is 2.28. The van der Waals surface area contributed by atoms with Gasteiger partial charge >= 0.3 is 14.2 Å². The molecule has 0 saturated carbocycles. The van der Waals surface area contributed by atoms with Crippen LogP contribution in [0.4, 0.5) is 0 Å². The second-order valence-corrected chi connectivity index (χ2v) is 2.68. The summed E-state index contributed by atoms with van der Waals surface area (Å²) in [4.78, 5) is 0. The highest BCUT2D eigenvalue weighted by molar-refractivity contribution is 6.72. The first kappa shape index (κ1) is 10.9. The number of hydrogen-bond acceptors (Lipinski definition) is 6. The van der Waals surface area contributed by atoms with Gasteiger partial charge in [-0.3, -0.25) is 0 Å². The van der Waals surface area contributed by atoms with E-state index >= 15 is 0 Å². The molecule has 1 aromatic rings. The molecule has 6 N–H and O–H groups in total. The van der Waals surface area contributed by atoms with Crippen LogP contribution in [0.15, 0.2) is 12.1 Å². The fourth-order valence-corrected chi connectivity index (χ4v) is 1.11. The Balaban J connectivity index is 3.38. The molecule has 6 nitrogen and oxygen atoms in total. The van der Waals surface area contributed by atoms with E-state index in [4.69, 9.17) is 25.2 Å². The standard InChI is InChI=1S/C6H8B2O6/c9-4-2-1-3(7(11)12)5(6(4)10)8(13)14/h1-2,9-14H. The summed E-state index contributed by atoms with van der Waals surface area (Å²) in [6, 6.07) is 2.07. The fourth-order valence-electron chi connectivity index (χ4n) is 1.11. The van der Waals surface area contributed by atoms with Crippen molar-refractivity contribution in [3.8, 4) is 11.5 Å². The molecule has 0 unspecified atom stereocenters. The van der Waals surface area contributed by atoms with Crippen molar-refractivity contribution in [1.82, 2.24) is 0 Å². The zero-order valence-corrected chi connectivity index (χ0v) is 6.99. The zero-order valence-electron chi connectivity index (χ0n) is 6.99. The lowest BCUT2D eigenvalue weighted by Gasteiger charge is -2.10. The van der Waals surface area contributed by atoms with Crippen LogP contribution < -0.4 is 10.9 Å². The van der Waals surface area contributed by atoms with Gasteiger partial charge in [-0.1, -0.05) is 6.07 Å². The summed E-state index contributed by atoms with van der Waals surface area (Å²) in [6.45, 7) is 0. The Labute approximate surface area is 80.0 Å². The maximum absolute atomic E-state index is 9.21. The van der Waals surface area contributed by atoms with Crippen molar-refractivity contribution < 1.29 is 30.3 Å². The topological polar surface area (TPSA) is 121 Å². The summed E-state index contributed by atoms with van der Waals surface area (Å²) < 4.78 is 0. The fraction of sp³-hybridized carbons (Fsp3) is 0. The molecule has 74 valence electrons. The SMILES string of the molecule is OB(O)c1ccc(O)c(O)c1B(O)O. The highest BCUT2D eigenvalue weighted by Crippen LogP contribution is 2.19. The number of phenols is 2. The second-order valence-electron chi connectivity index (χ2n) is 2.68. The predicted molar refractivity (Wildman–Crippen MR) is 49.4 cm³/mol. The summed E-state index contributed by atoms with van der Waals surface area (Å²) in [7, 11) is -4.06. The van der Waals surface area contributed by atoms with Crippen molar-refractivity contribution in [2.75, 3.05) is 0 Å². The Morgan fingerprint density at radius 1 is 0.857 bits per heavy atom. The second kappa shape index (κ2) is 3.89. The molecular weight excluding hydrogens is 190 g/mol. The average Bonchev–Trinajstić information content (AvgIpc) is 2.08. The molecule has 0 spiro atoms. The lowest BCUT2D eigenvalue weighted by Crippen LogP contribution is -2.49. The van der Waals surface area contributed by atoms with Crippen LogP contribution in [0.2, 0.25) is 0 Å². The summed E-state index contributed by atoms with van der Waals surface area (Å²) in [6.07, 6.45) is 0. The minimum atomic E-state index is -2.10. The van der Waals surface area contributed by atoms with Gasteiger partial charge in [0.15, 0.2) is 11.5 Å². The van der Waals surface area contributed by atoms with E-state index in [9.17, 15) is 5.11 Å². The molecule has 14 heavy (non-hydrogen) atoms. The van der Waals surface area contributed by atoms with Gasteiger partial charge < -0.3 is 30.3 Å². The van der Waals surface area contributed by atoms with Crippen LogP contribution in [0.3, 0.4) is 0 Å². The van der Waals surface area contributed by atoms with Crippen molar-refractivity contribution in [2.24, 2.45) is 0 Å². The van der Waals surface area contributed by atoms with Crippen LogP contribution in [0.5, 0.6) is 11.5 Å². The third-order valence-electron chi connectivity index (χ3n) is 1.77. The minimum Gasteiger partial charge on any atom is -0.505 e. The number of hydrogen-bond donors (Lipinski definition) is 6. The third kappa shape index (κ3) is 1.83. The van der Waals surface area contributed by atoms with E-state index in [0.29, 0.717) is 0 Å². The first-order valence-electron chi connectivity index (χ1n) is 3.72. The van der Waals surface area contributed by atoms with Crippen LogP contribution in [0, 0.1) is 0 Å². The Morgan fingerprint density at radius 3 is 1.86 bits per heavy atom. The molecule has 0 bridgehead atoms. The molecule has 0 aliphatic heterocycles. The molecule has 0 amide bonds. The van der Waals surface area contributed by atoms with Gasteiger partial charge in [0.25, 0.3) is 0 Å². The molecule has 0 saturated heterocycles. The monoisotopic (exact) mass is 198 g/mol. The van der Waals surface area contributed by atoms with E-state index in [2.05, 4.69) is 0 Å². The summed E-state index contributed by atoms with van der Waals surface area (Å²) in [5, 5.41) is 53.5. The number of phenolic OH excluding ortho intramolecular Hbond substituents is 2. The number of rotatable bonds is 2. The average molecular weight is 198 g/mol. The molecule has 0 aliphatic carbocycles. The van der Waals surface area contributed by atoms with Crippen molar-refractivity contribution in [3.63, 3.8) is 0 Å². The molecule has 0 radical (unpaired) electrons. The van der Waals surface area contributed by atoms with Gasteiger partial charge in [-0.2, -0.15) is 0 Å². The first-order chi connectivity index (χ1) is 6.45. The molecule has 0 fully saturated rings. The van der Waals surface area contributed by atoms with Crippen LogP contribution in [0.25, 0.3) is 0 Å². The van der Waals surface area contributed by atoms with E-state index in [0.717, 1.165) is 12.1 Å². The van der Waals surface area contributed by atoms with Gasteiger partial charge in [0.05, 0.1) is 0 Å². The van der Waals surface area contributed by atoms with Gasteiger partial charge in [0.2, 0.25) is 0 Å². The highest BCUT2D eigenvalue weighted by atomic mass is 16.4. The van der Waals surface area contributed by atoms with Crippen LogP contribution in [0.1, 0.15) is 0 Å². The van der Waals surface area contributed by atoms with Crippen LogP contribution >= 0.6 is 0 Å². The Morgan fingerprint density at radius 2 is 1.43 bits per heavy atom. The molecule has 0 aliphatic rings. The van der Waals surface area contributed by atoms with Crippen molar-refractivity contribution >= 4 is 25.2 Å². The maximum atomic E-state index is 9.21. The van der Waals surface area contributed by atoms with E-state index in [1.165, 1.54) is 0 Å². The third-order valence-corrected chi connectivity index (χ3v) is 1.77. The summed E-state index contributed by atoms with van der Waals surface area (Å²) in [5.41, 5.74) is -0.810. The van der Waals surface area contributed by atoms with Gasteiger partial charge in [-0.05, 0) is 11.5 Å². The molecule has 0 heterocycles. The molecule has 8 heteroatoms. The molecule has 0 atom stereocenters. The van der Waals surface area contributed by atoms with Gasteiger partial charge in [0, 0.05) is 5.46 Å². The van der Waals surface area contributed by atoms with E-state index in [-0.39, 0.29) is 5.46 Å². The van der Waals surface area contributed by atoms with E-state index in [1.807, 2.05) is 0 Å². The normalized spacial score (nSPS) is 10.0. The van der Waals surface area contributed by atoms with Gasteiger partial charge in [-0.15, -0.1) is 0 Å². The smallest absolute Gasteiger partial charge is 0.492 e. The predicted octanol–water partition coefficient (Wildman–Crippen LogP) is -3.54. The van der Waals surface area contributed by atoms with Crippen molar-refractivity contribution in [1.29, 1.82) is 0 Å².